The molecule has 2 fully saturated rings. The highest BCUT2D eigenvalue weighted by Crippen LogP contribution is 2.54. The number of fused-ring (bicyclic) bond motifs is 1. The molecule has 2 rings (SSSR count). The molecule has 0 aromatic carbocycles. The van der Waals surface area contributed by atoms with Gasteiger partial charge in [-0.15, -0.1) is 11.6 Å². The molecule has 0 spiro atoms. The fourth-order valence-electron chi connectivity index (χ4n) is 3.94. The normalized spacial score (nSPS) is 38.8. The molecule has 0 aromatic heterocycles. The molecular weight excluding hydrogens is 286 g/mol. The second-order valence-electron chi connectivity index (χ2n) is 7.34. The fourth-order valence-corrected chi connectivity index (χ4v) is 4.34. The number of nitriles is 1. The Balaban J connectivity index is 0.000000383. The van der Waals surface area contributed by atoms with Crippen LogP contribution in [-0.4, -0.2) is 23.2 Å². The molecule has 1 N–H and O–H groups in total. The van der Waals surface area contributed by atoms with Gasteiger partial charge in [-0.3, -0.25) is 0 Å². The van der Waals surface area contributed by atoms with Crippen molar-refractivity contribution in [2.24, 2.45) is 23.2 Å². The fraction of sp³-hybridized carbons (Fsp3) is 0.941. The minimum absolute atomic E-state index is 0.0839. The van der Waals surface area contributed by atoms with Crippen molar-refractivity contribution in [3.05, 3.63) is 0 Å². The smallest absolute Gasteiger partial charge is 0.286 e. The maximum absolute atomic E-state index is 8.65. The first-order valence-electron chi connectivity index (χ1n) is 8.14. The summed E-state index contributed by atoms with van der Waals surface area (Å²) in [4.78, 5) is 0. The van der Waals surface area contributed by atoms with E-state index in [0.29, 0.717) is 24.4 Å². The number of rotatable bonds is 2. The Bertz CT molecular complexity index is 355. The average molecular weight is 316 g/mol. The monoisotopic (exact) mass is 315 g/mol. The van der Waals surface area contributed by atoms with Gasteiger partial charge in [0.05, 0.1) is 0 Å². The van der Waals surface area contributed by atoms with Gasteiger partial charge in [0.2, 0.25) is 0 Å². The average Bonchev–Trinajstić information content (AvgIpc) is 2.42. The highest BCUT2D eigenvalue weighted by molar-refractivity contribution is 6.21. The summed E-state index contributed by atoms with van der Waals surface area (Å²) in [7, 11) is 0. The summed E-state index contributed by atoms with van der Waals surface area (Å²) in [6, 6.07) is 0. The first-order valence-corrected chi connectivity index (χ1v) is 8.58. The Morgan fingerprint density at radius 3 is 2.57 bits per heavy atom. The van der Waals surface area contributed by atoms with Gasteiger partial charge in [0, 0.05) is 12.0 Å². The van der Waals surface area contributed by atoms with E-state index in [1.54, 1.807) is 0 Å². The van der Waals surface area contributed by atoms with Crippen molar-refractivity contribution in [3.8, 4) is 6.26 Å². The number of hydrogen-bond donors (Lipinski definition) is 1. The van der Waals surface area contributed by atoms with Gasteiger partial charge in [-0.2, -0.15) is 5.26 Å². The summed E-state index contributed by atoms with van der Waals surface area (Å²) in [6.07, 6.45) is 7.54. The van der Waals surface area contributed by atoms with Crippen LogP contribution in [0, 0.1) is 34.7 Å². The number of aliphatic hydroxyl groups is 1. The molecule has 3 nitrogen and oxygen atoms in total. The first-order chi connectivity index (χ1) is 9.85. The number of halogens is 1. The molecule has 122 valence electrons. The van der Waals surface area contributed by atoms with Gasteiger partial charge in [-0.1, -0.05) is 34.1 Å². The van der Waals surface area contributed by atoms with Crippen LogP contribution in [0.2, 0.25) is 0 Å². The standard InChI is InChI=1S/C13H20ClNO.C4H10O/c1-9-6-10(16-8-15)7-13(2)11(9)4-3-5-12(13)14;1-4(2)3-5/h9-12H,3-7H2,1-2H3;4-5H,3H2,1-2H3/t9-,10+,11?,12+,13-;/m1./s1. The molecule has 0 aliphatic heterocycles. The molecule has 0 radical (unpaired) electrons. The third-order valence-corrected chi connectivity index (χ3v) is 5.83. The predicted octanol–water partition coefficient (Wildman–Crippen LogP) is 4.33. The van der Waals surface area contributed by atoms with Gasteiger partial charge in [-0.05, 0) is 48.9 Å². The number of alkyl halides is 1. The van der Waals surface area contributed by atoms with Crippen molar-refractivity contribution < 1.29 is 9.84 Å². The lowest BCUT2D eigenvalue weighted by atomic mass is 9.56. The first kappa shape index (κ1) is 18.6. The van der Waals surface area contributed by atoms with E-state index in [1.165, 1.54) is 12.8 Å². The van der Waals surface area contributed by atoms with Gasteiger partial charge >= 0.3 is 0 Å². The summed E-state index contributed by atoms with van der Waals surface area (Å²) < 4.78 is 5.16. The van der Waals surface area contributed by atoms with E-state index >= 15 is 0 Å². The van der Waals surface area contributed by atoms with E-state index in [-0.39, 0.29) is 16.9 Å². The van der Waals surface area contributed by atoms with E-state index in [2.05, 4.69) is 13.8 Å². The van der Waals surface area contributed by atoms with Gasteiger partial charge in [-0.25, -0.2) is 0 Å². The number of aliphatic hydroxyl groups excluding tert-OH is 1. The molecule has 0 amide bonds. The molecule has 2 aliphatic carbocycles. The van der Waals surface area contributed by atoms with Crippen molar-refractivity contribution in [1.29, 1.82) is 5.26 Å². The summed E-state index contributed by atoms with van der Waals surface area (Å²) in [5.41, 5.74) is 0.166. The lowest BCUT2D eigenvalue weighted by Crippen LogP contribution is -2.49. The zero-order chi connectivity index (χ0) is 16.0. The molecule has 21 heavy (non-hydrogen) atoms. The topological polar surface area (TPSA) is 53.2 Å². The molecule has 0 heterocycles. The van der Waals surface area contributed by atoms with Crippen LogP contribution in [0.4, 0.5) is 0 Å². The van der Waals surface area contributed by atoms with Crippen LogP contribution in [0.1, 0.15) is 59.8 Å². The van der Waals surface area contributed by atoms with Crippen LogP contribution in [0.15, 0.2) is 0 Å². The van der Waals surface area contributed by atoms with E-state index < -0.39 is 0 Å². The summed E-state index contributed by atoms with van der Waals surface area (Å²) in [5, 5.41) is 17.0. The molecule has 0 bridgehead atoms. The van der Waals surface area contributed by atoms with Crippen molar-refractivity contribution in [1.82, 2.24) is 0 Å². The largest absolute Gasteiger partial charge is 0.424 e. The van der Waals surface area contributed by atoms with Crippen LogP contribution in [0.25, 0.3) is 0 Å². The second kappa shape index (κ2) is 8.25. The molecule has 4 heteroatoms. The van der Waals surface area contributed by atoms with Crippen molar-refractivity contribution in [2.45, 2.75) is 71.3 Å². The number of hydrogen-bond acceptors (Lipinski definition) is 3. The van der Waals surface area contributed by atoms with Gasteiger partial charge in [0.1, 0.15) is 6.10 Å². The summed E-state index contributed by atoms with van der Waals surface area (Å²) in [5.74, 6) is 1.77. The van der Waals surface area contributed by atoms with E-state index in [4.69, 9.17) is 26.7 Å². The molecule has 2 aliphatic rings. The number of ether oxygens (including phenoxy) is 1. The van der Waals surface area contributed by atoms with Crippen molar-refractivity contribution in [3.63, 3.8) is 0 Å². The number of nitrogens with zero attached hydrogens (tertiary/aromatic N) is 1. The zero-order valence-electron chi connectivity index (χ0n) is 13.8. The molecule has 0 saturated heterocycles. The van der Waals surface area contributed by atoms with E-state index in [9.17, 15) is 0 Å². The Labute approximate surface area is 134 Å². The Morgan fingerprint density at radius 1 is 1.43 bits per heavy atom. The lowest BCUT2D eigenvalue weighted by molar-refractivity contribution is -0.0438. The third kappa shape index (κ3) is 4.76. The van der Waals surface area contributed by atoms with Crippen LogP contribution in [0.5, 0.6) is 0 Å². The van der Waals surface area contributed by atoms with Crippen LogP contribution in [-0.2, 0) is 4.74 Å². The summed E-state index contributed by atoms with van der Waals surface area (Å²) in [6.45, 7) is 8.82. The second-order valence-corrected chi connectivity index (χ2v) is 7.86. The van der Waals surface area contributed by atoms with Crippen LogP contribution < -0.4 is 0 Å². The highest BCUT2D eigenvalue weighted by atomic mass is 35.5. The highest BCUT2D eigenvalue weighted by Gasteiger charge is 2.50. The van der Waals surface area contributed by atoms with E-state index in [1.807, 2.05) is 20.1 Å². The quantitative estimate of drug-likeness (QED) is 0.609. The van der Waals surface area contributed by atoms with Crippen molar-refractivity contribution >= 4 is 11.6 Å². The minimum atomic E-state index is 0.0839. The summed E-state index contributed by atoms with van der Waals surface area (Å²) >= 11 is 6.52. The SMILES string of the molecule is CC(C)CO.C[C@@H]1C[C@H](OC#N)C[C@]2(C)C1CCC[C@@H]2Cl. The van der Waals surface area contributed by atoms with Crippen molar-refractivity contribution in [2.75, 3.05) is 6.61 Å². The minimum Gasteiger partial charge on any atom is -0.424 e. The maximum Gasteiger partial charge on any atom is 0.286 e. The zero-order valence-corrected chi connectivity index (χ0v) is 14.6. The molecule has 2 saturated carbocycles. The molecular formula is C17H30ClNO2. The maximum atomic E-state index is 8.65. The molecule has 0 aromatic rings. The Morgan fingerprint density at radius 2 is 2.05 bits per heavy atom. The van der Waals surface area contributed by atoms with Gasteiger partial charge in [0.25, 0.3) is 6.26 Å². The van der Waals surface area contributed by atoms with Gasteiger partial charge in [0.15, 0.2) is 0 Å². The van der Waals surface area contributed by atoms with Gasteiger partial charge < -0.3 is 9.84 Å². The molecule has 5 atom stereocenters. The molecule has 1 unspecified atom stereocenters. The Hall–Kier alpha value is -0.460. The van der Waals surface area contributed by atoms with E-state index in [0.717, 1.165) is 19.3 Å². The Kier molecular flexibility index (Phi) is 7.30. The van der Waals surface area contributed by atoms with Crippen LogP contribution >= 0.6 is 11.6 Å². The predicted molar refractivity (Wildman–Crippen MR) is 85.9 cm³/mol. The lowest BCUT2D eigenvalue weighted by Gasteiger charge is -2.52. The van der Waals surface area contributed by atoms with Crippen LogP contribution in [0.3, 0.4) is 0 Å². The third-order valence-electron chi connectivity index (χ3n) is 5.11.